The Morgan fingerprint density at radius 3 is 2.69 bits per heavy atom. The molecule has 0 radical (unpaired) electrons. The van der Waals surface area contributed by atoms with E-state index in [9.17, 15) is 15.4 Å². The molecule has 1 heterocycles. The highest BCUT2D eigenvalue weighted by molar-refractivity contribution is 6.00. The molecule has 1 aromatic heterocycles. The molecule has 7 heteroatoms. The van der Waals surface area contributed by atoms with Gasteiger partial charge >= 0.3 is 0 Å². The van der Waals surface area contributed by atoms with Crippen LogP contribution in [0.1, 0.15) is 22.5 Å². The molecule has 0 bridgehead atoms. The van der Waals surface area contributed by atoms with Crippen molar-refractivity contribution < 1.29 is 9.66 Å². The number of hydrogen-bond acceptors (Lipinski definition) is 5. The van der Waals surface area contributed by atoms with Gasteiger partial charge in [0.2, 0.25) is 0 Å². The van der Waals surface area contributed by atoms with Gasteiger partial charge in [-0.15, -0.1) is 0 Å². The van der Waals surface area contributed by atoms with Crippen LogP contribution in [0.2, 0.25) is 0 Å². The number of aryl methyl sites for hydroxylation is 1. The fourth-order valence-corrected chi connectivity index (χ4v) is 3.97. The average Bonchev–Trinajstić information content (AvgIpc) is 3.29. The number of rotatable bonds is 6. The number of H-pyrrole nitrogens is 1. The lowest BCUT2D eigenvalue weighted by Gasteiger charge is -2.12. The second kappa shape index (κ2) is 9.12. The van der Waals surface area contributed by atoms with Crippen molar-refractivity contribution >= 4 is 39.1 Å². The van der Waals surface area contributed by atoms with E-state index in [0.29, 0.717) is 17.1 Å². The van der Waals surface area contributed by atoms with Gasteiger partial charge in [-0.1, -0.05) is 36.4 Å². The molecule has 0 atom stereocenters. The number of nitro groups is 1. The standard InChI is InChI=1S/C28H20N4O3/c1-18-6-12-25-26(14-18)31-28(30-25)21(16-29)15-24-23-5-3-2-4-20(23)9-13-27(24)35-17-19-7-10-22(11-8-19)32(33)34/h2-15H,17H2,1H3,(H,30,31)/b21-15-. The van der Waals surface area contributed by atoms with Crippen molar-refractivity contribution in [3.63, 3.8) is 0 Å². The van der Waals surface area contributed by atoms with E-state index < -0.39 is 4.92 Å². The van der Waals surface area contributed by atoms with Gasteiger partial charge < -0.3 is 9.72 Å². The van der Waals surface area contributed by atoms with E-state index in [1.54, 1.807) is 18.2 Å². The van der Waals surface area contributed by atoms with E-state index in [-0.39, 0.29) is 12.3 Å². The van der Waals surface area contributed by atoms with E-state index in [1.165, 1.54) is 12.1 Å². The molecule has 0 fully saturated rings. The predicted molar refractivity (Wildman–Crippen MR) is 136 cm³/mol. The third kappa shape index (κ3) is 4.45. The highest BCUT2D eigenvalue weighted by Crippen LogP contribution is 2.32. The Morgan fingerprint density at radius 2 is 1.91 bits per heavy atom. The Kier molecular flexibility index (Phi) is 5.70. The number of nitrogens with one attached hydrogen (secondary N) is 1. The largest absolute Gasteiger partial charge is 0.488 e. The van der Waals surface area contributed by atoms with Crippen molar-refractivity contribution in [3.8, 4) is 11.8 Å². The van der Waals surface area contributed by atoms with Gasteiger partial charge in [-0.2, -0.15) is 5.26 Å². The number of ether oxygens (including phenoxy) is 1. The maximum Gasteiger partial charge on any atom is 0.269 e. The van der Waals surface area contributed by atoms with Gasteiger partial charge in [-0.25, -0.2) is 4.98 Å². The van der Waals surface area contributed by atoms with Crippen LogP contribution in [0.3, 0.4) is 0 Å². The number of nitrogens with zero attached hydrogens (tertiary/aromatic N) is 3. The Labute approximate surface area is 201 Å². The van der Waals surface area contributed by atoms with Crippen molar-refractivity contribution in [3.05, 3.63) is 111 Å². The smallest absolute Gasteiger partial charge is 0.269 e. The molecule has 0 amide bonds. The topological polar surface area (TPSA) is 105 Å². The Hall–Kier alpha value is -4.96. The molecule has 35 heavy (non-hydrogen) atoms. The zero-order valence-electron chi connectivity index (χ0n) is 18.9. The van der Waals surface area contributed by atoms with Gasteiger partial charge in [0.1, 0.15) is 24.3 Å². The lowest BCUT2D eigenvalue weighted by Crippen LogP contribution is -1.98. The normalized spacial score (nSPS) is 11.5. The van der Waals surface area contributed by atoms with Gasteiger partial charge in [0.25, 0.3) is 5.69 Å². The monoisotopic (exact) mass is 460 g/mol. The number of nitro benzene ring substituents is 1. The number of non-ortho nitro benzene ring substituents is 1. The summed E-state index contributed by atoms with van der Waals surface area (Å²) in [5.74, 6) is 1.09. The fourth-order valence-electron chi connectivity index (χ4n) is 3.97. The number of fused-ring (bicyclic) bond motifs is 2. The first-order valence-electron chi connectivity index (χ1n) is 11.0. The summed E-state index contributed by atoms with van der Waals surface area (Å²) in [6, 6.07) is 26.2. The molecule has 0 aliphatic carbocycles. The molecule has 0 spiro atoms. The van der Waals surface area contributed by atoms with Crippen LogP contribution in [-0.2, 0) is 6.61 Å². The molecule has 5 aromatic rings. The molecule has 0 unspecified atom stereocenters. The van der Waals surface area contributed by atoms with E-state index >= 15 is 0 Å². The molecule has 0 aliphatic heterocycles. The number of hydrogen-bond donors (Lipinski definition) is 1. The summed E-state index contributed by atoms with van der Waals surface area (Å²) in [6.45, 7) is 2.23. The minimum atomic E-state index is -0.431. The summed E-state index contributed by atoms with van der Waals surface area (Å²) in [7, 11) is 0. The second-order valence-electron chi connectivity index (χ2n) is 8.19. The Balaban J connectivity index is 1.55. The average molecular weight is 460 g/mol. The van der Waals surface area contributed by atoms with Crippen LogP contribution in [0.15, 0.2) is 78.9 Å². The van der Waals surface area contributed by atoms with Crippen molar-refractivity contribution in [1.82, 2.24) is 9.97 Å². The molecule has 170 valence electrons. The summed E-state index contributed by atoms with van der Waals surface area (Å²) in [6.07, 6.45) is 1.79. The molecular weight excluding hydrogens is 440 g/mol. The first-order valence-corrected chi connectivity index (χ1v) is 11.0. The van der Waals surface area contributed by atoms with Gasteiger partial charge in [0.05, 0.1) is 21.5 Å². The van der Waals surface area contributed by atoms with Crippen molar-refractivity contribution in [1.29, 1.82) is 5.26 Å². The molecule has 7 nitrogen and oxygen atoms in total. The maximum absolute atomic E-state index is 10.9. The van der Waals surface area contributed by atoms with Gasteiger partial charge in [0, 0.05) is 17.7 Å². The lowest BCUT2D eigenvalue weighted by molar-refractivity contribution is -0.384. The number of nitriles is 1. The molecule has 4 aromatic carbocycles. The SMILES string of the molecule is Cc1ccc2nc(/C(C#N)=C\c3c(OCc4ccc([N+](=O)[O-])cc4)ccc4ccccc34)[nH]c2c1. The minimum absolute atomic E-state index is 0.0303. The van der Waals surface area contributed by atoms with E-state index in [2.05, 4.69) is 16.0 Å². The molecule has 1 N–H and O–H groups in total. The first-order chi connectivity index (χ1) is 17.0. The summed E-state index contributed by atoms with van der Waals surface area (Å²) < 4.78 is 6.13. The summed E-state index contributed by atoms with van der Waals surface area (Å²) in [5.41, 5.74) is 4.74. The molecular formula is C28H20N4O3. The third-order valence-electron chi connectivity index (χ3n) is 5.77. The summed E-state index contributed by atoms with van der Waals surface area (Å²) >= 11 is 0. The second-order valence-corrected chi connectivity index (χ2v) is 8.19. The molecule has 0 saturated carbocycles. The lowest BCUT2D eigenvalue weighted by atomic mass is 10.0. The number of aromatic amines is 1. The van der Waals surface area contributed by atoms with Crippen LogP contribution < -0.4 is 4.74 Å². The summed E-state index contributed by atoms with van der Waals surface area (Å²) in [4.78, 5) is 18.3. The summed E-state index contributed by atoms with van der Waals surface area (Å²) in [5, 5.41) is 22.9. The highest BCUT2D eigenvalue weighted by atomic mass is 16.6. The quantitative estimate of drug-likeness (QED) is 0.175. The number of benzene rings is 4. The van der Waals surface area contributed by atoms with Crippen LogP contribution >= 0.6 is 0 Å². The molecule has 0 aliphatic rings. The van der Waals surface area contributed by atoms with E-state index in [4.69, 9.17) is 4.74 Å². The zero-order chi connectivity index (χ0) is 24.4. The number of imidazole rings is 1. The predicted octanol–water partition coefficient (Wildman–Crippen LogP) is 6.58. The van der Waals surface area contributed by atoms with Crippen LogP contribution in [0, 0.1) is 28.4 Å². The third-order valence-corrected chi connectivity index (χ3v) is 5.77. The zero-order valence-corrected chi connectivity index (χ0v) is 18.9. The first kappa shape index (κ1) is 21.9. The number of aromatic nitrogens is 2. The number of allylic oxidation sites excluding steroid dienone is 1. The molecule has 0 saturated heterocycles. The van der Waals surface area contributed by atoms with Crippen LogP contribution in [0.5, 0.6) is 5.75 Å². The molecule has 5 rings (SSSR count). The highest BCUT2D eigenvalue weighted by Gasteiger charge is 2.13. The van der Waals surface area contributed by atoms with Crippen LogP contribution in [0.4, 0.5) is 5.69 Å². The van der Waals surface area contributed by atoms with Crippen molar-refractivity contribution in [2.24, 2.45) is 0 Å². The maximum atomic E-state index is 10.9. The van der Waals surface area contributed by atoms with Crippen LogP contribution in [0.25, 0.3) is 33.5 Å². The minimum Gasteiger partial charge on any atom is -0.488 e. The van der Waals surface area contributed by atoms with Crippen molar-refractivity contribution in [2.75, 3.05) is 0 Å². The van der Waals surface area contributed by atoms with Gasteiger partial charge in [-0.05, 0) is 65.2 Å². The fraction of sp³-hybridized carbons (Fsp3) is 0.0714. The van der Waals surface area contributed by atoms with E-state index in [0.717, 1.165) is 38.5 Å². The van der Waals surface area contributed by atoms with Crippen molar-refractivity contribution in [2.45, 2.75) is 13.5 Å². The Morgan fingerprint density at radius 1 is 1.11 bits per heavy atom. The van der Waals surface area contributed by atoms with Crippen LogP contribution in [-0.4, -0.2) is 14.9 Å². The van der Waals surface area contributed by atoms with Gasteiger partial charge in [0.15, 0.2) is 0 Å². The van der Waals surface area contributed by atoms with E-state index in [1.807, 2.05) is 61.5 Å². The Bertz CT molecular complexity index is 1640. The van der Waals surface area contributed by atoms with Gasteiger partial charge in [-0.3, -0.25) is 10.1 Å².